The topological polar surface area (TPSA) is 48.5 Å². The molecule has 1 saturated heterocycles. The van der Waals surface area contributed by atoms with Gasteiger partial charge < -0.3 is 15.1 Å². The monoisotopic (exact) mass is 356 g/mol. The molecule has 1 aromatic carbocycles. The second-order valence-corrected chi connectivity index (χ2v) is 6.64. The van der Waals surface area contributed by atoms with Crippen molar-refractivity contribution in [3.63, 3.8) is 0 Å². The number of hydrogen-bond acceptors (Lipinski definition) is 4. The van der Waals surface area contributed by atoms with Crippen molar-refractivity contribution in [1.29, 1.82) is 0 Å². The zero-order valence-corrected chi connectivity index (χ0v) is 15.3. The van der Waals surface area contributed by atoms with Crippen molar-refractivity contribution < 1.29 is 9.18 Å². The molecule has 0 bridgehead atoms. The van der Waals surface area contributed by atoms with E-state index in [0.717, 1.165) is 30.9 Å². The third-order valence-electron chi connectivity index (χ3n) is 4.77. The Morgan fingerprint density at radius 3 is 2.42 bits per heavy atom. The second kappa shape index (κ2) is 8.17. The van der Waals surface area contributed by atoms with Gasteiger partial charge in [0.05, 0.1) is 11.9 Å². The lowest BCUT2D eigenvalue weighted by Crippen LogP contribution is -2.49. The van der Waals surface area contributed by atoms with Gasteiger partial charge in [0.15, 0.2) is 0 Å². The lowest BCUT2D eigenvalue weighted by atomic mass is 10.2. The number of pyridine rings is 1. The molecule has 0 radical (unpaired) electrons. The summed E-state index contributed by atoms with van der Waals surface area (Å²) >= 11 is 0. The van der Waals surface area contributed by atoms with Gasteiger partial charge in [0, 0.05) is 37.9 Å². The highest BCUT2D eigenvalue weighted by Gasteiger charge is 2.23. The quantitative estimate of drug-likeness (QED) is 0.892. The molecule has 1 amide bonds. The molecule has 1 aliphatic heterocycles. The highest BCUT2D eigenvalue weighted by molar-refractivity contribution is 5.92. The molecule has 6 heteroatoms. The number of halogens is 1. The van der Waals surface area contributed by atoms with E-state index in [1.165, 1.54) is 12.1 Å². The molecule has 1 atom stereocenters. The van der Waals surface area contributed by atoms with Crippen LogP contribution in [0.1, 0.15) is 30.8 Å². The van der Waals surface area contributed by atoms with Crippen LogP contribution < -0.4 is 10.2 Å². The van der Waals surface area contributed by atoms with E-state index in [1.807, 2.05) is 11.0 Å². The van der Waals surface area contributed by atoms with Crippen LogP contribution in [0.4, 0.5) is 15.8 Å². The number of carbonyl (C=O) groups is 1. The van der Waals surface area contributed by atoms with Crippen LogP contribution >= 0.6 is 0 Å². The SMILES string of the molecule is CCC(C)Nc1ccc(C(=O)N2CCN(c3ccc(F)cc3)CC2)nc1. The molecule has 1 aliphatic rings. The molecule has 5 nitrogen and oxygen atoms in total. The predicted octanol–water partition coefficient (Wildman–Crippen LogP) is 3.39. The summed E-state index contributed by atoms with van der Waals surface area (Å²) in [7, 11) is 0. The molecular formula is C20H25FN4O. The first-order chi connectivity index (χ1) is 12.6. The summed E-state index contributed by atoms with van der Waals surface area (Å²) in [6.07, 6.45) is 2.74. The van der Waals surface area contributed by atoms with Gasteiger partial charge in [-0.05, 0) is 49.7 Å². The van der Waals surface area contributed by atoms with Crippen molar-refractivity contribution in [3.05, 3.63) is 54.1 Å². The number of anilines is 2. The van der Waals surface area contributed by atoms with Gasteiger partial charge in [-0.2, -0.15) is 0 Å². The molecule has 1 fully saturated rings. The Morgan fingerprint density at radius 1 is 1.15 bits per heavy atom. The molecule has 1 aromatic heterocycles. The Labute approximate surface area is 153 Å². The van der Waals surface area contributed by atoms with Gasteiger partial charge in [-0.25, -0.2) is 9.37 Å². The Hall–Kier alpha value is -2.63. The lowest BCUT2D eigenvalue weighted by Gasteiger charge is -2.36. The highest BCUT2D eigenvalue weighted by Crippen LogP contribution is 2.18. The molecule has 0 aliphatic carbocycles. The summed E-state index contributed by atoms with van der Waals surface area (Å²) in [5.41, 5.74) is 2.38. The van der Waals surface area contributed by atoms with E-state index in [-0.39, 0.29) is 11.7 Å². The van der Waals surface area contributed by atoms with Crippen LogP contribution in [0.5, 0.6) is 0 Å². The van der Waals surface area contributed by atoms with Crippen LogP contribution in [0.15, 0.2) is 42.6 Å². The van der Waals surface area contributed by atoms with Crippen LogP contribution in [-0.4, -0.2) is 48.0 Å². The van der Waals surface area contributed by atoms with E-state index in [4.69, 9.17) is 0 Å². The number of nitrogens with zero attached hydrogens (tertiary/aromatic N) is 3. The van der Waals surface area contributed by atoms with Crippen LogP contribution in [0.3, 0.4) is 0 Å². The van der Waals surface area contributed by atoms with E-state index < -0.39 is 0 Å². The van der Waals surface area contributed by atoms with Crippen LogP contribution in [0.2, 0.25) is 0 Å². The number of hydrogen-bond donors (Lipinski definition) is 1. The maximum atomic E-state index is 13.0. The molecule has 1 N–H and O–H groups in total. The van der Waals surface area contributed by atoms with E-state index in [9.17, 15) is 9.18 Å². The molecule has 3 rings (SSSR count). The minimum absolute atomic E-state index is 0.0427. The molecule has 138 valence electrons. The molecule has 2 heterocycles. The number of piperazine rings is 1. The number of aromatic nitrogens is 1. The number of benzene rings is 1. The largest absolute Gasteiger partial charge is 0.381 e. The minimum atomic E-state index is -0.236. The fourth-order valence-electron chi connectivity index (χ4n) is 2.97. The Bertz CT molecular complexity index is 724. The average Bonchev–Trinajstić information content (AvgIpc) is 2.68. The van der Waals surface area contributed by atoms with Gasteiger partial charge in [-0.15, -0.1) is 0 Å². The van der Waals surface area contributed by atoms with Gasteiger partial charge in [-0.1, -0.05) is 6.92 Å². The number of amides is 1. The van der Waals surface area contributed by atoms with E-state index >= 15 is 0 Å². The summed E-state index contributed by atoms with van der Waals surface area (Å²) in [5, 5.41) is 3.34. The zero-order valence-electron chi connectivity index (χ0n) is 15.3. The molecular weight excluding hydrogens is 331 g/mol. The third kappa shape index (κ3) is 4.31. The van der Waals surface area contributed by atoms with Crippen molar-refractivity contribution in [2.75, 3.05) is 36.4 Å². The molecule has 0 spiro atoms. The van der Waals surface area contributed by atoms with Crippen LogP contribution in [0, 0.1) is 5.82 Å². The number of nitrogens with one attached hydrogen (secondary N) is 1. The van der Waals surface area contributed by atoms with E-state index in [2.05, 4.69) is 29.0 Å². The maximum Gasteiger partial charge on any atom is 0.272 e. The standard InChI is InChI=1S/C20H25FN4O/c1-3-15(2)23-17-6-9-19(22-14-17)20(26)25-12-10-24(11-13-25)18-7-4-16(21)5-8-18/h4-9,14-15,23H,3,10-13H2,1-2H3. The van der Waals surface area contributed by atoms with E-state index in [1.54, 1.807) is 24.4 Å². The Balaban J connectivity index is 1.57. The summed E-state index contributed by atoms with van der Waals surface area (Å²) in [5.74, 6) is -0.279. The third-order valence-corrected chi connectivity index (χ3v) is 4.77. The van der Waals surface area contributed by atoms with Gasteiger partial charge in [0.2, 0.25) is 0 Å². The molecule has 0 saturated carbocycles. The first kappa shape index (κ1) is 18.2. The van der Waals surface area contributed by atoms with Gasteiger partial charge in [-0.3, -0.25) is 4.79 Å². The summed E-state index contributed by atoms with van der Waals surface area (Å²) < 4.78 is 13.0. The molecule has 1 unspecified atom stereocenters. The van der Waals surface area contributed by atoms with Gasteiger partial charge >= 0.3 is 0 Å². The highest BCUT2D eigenvalue weighted by atomic mass is 19.1. The first-order valence-electron chi connectivity index (χ1n) is 9.09. The summed E-state index contributed by atoms with van der Waals surface area (Å²) in [4.78, 5) is 21.0. The fraction of sp³-hybridized carbons (Fsp3) is 0.400. The van der Waals surface area contributed by atoms with E-state index in [0.29, 0.717) is 24.8 Å². The summed E-state index contributed by atoms with van der Waals surface area (Å²) in [6, 6.07) is 10.5. The normalized spacial score (nSPS) is 15.7. The van der Waals surface area contributed by atoms with Gasteiger partial charge in [0.25, 0.3) is 5.91 Å². The van der Waals surface area contributed by atoms with Crippen molar-refractivity contribution in [1.82, 2.24) is 9.88 Å². The van der Waals surface area contributed by atoms with Crippen molar-refractivity contribution in [3.8, 4) is 0 Å². The van der Waals surface area contributed by atoms with Gasteiger partial charge in [0.1, 0.15) is 11.5 Å². The number of rotatable bonds is 5. The van der Waals surface area contributed by atoms with Crippen molar-refractivity contribution in [2.24, 2.45) is 0 Å². The smallest absolute Gasteiger partial charge is 0.272 e. The Kier molecular flexibility index (Phi) is 5.71. The lowest BCUT2D eigenvalue weighted by molar-refractivity contribution is 0.0741. The minimum Gasteiger partial charge on any atom is -0.381 e. The predicted molar refractivity (Wildman–Crippen MR) is 102 cm³/mol. The average molecular weight is 356 g/mol. The van der Waals surface area contributed by atoms with Crippen LogP contribution in [0.25, 0.3) is 0 Å². The summed E-state index contributed by atoms with van der Waals surface area (Å²) in [6.45, 7) is 6.94. The Morgan fingerprint density at radius 2 is 1.85 bits per heavy atom. The number of carbonyl (C=O) groups excluding carboxylic acids is 1. The van der Waals surface area contributed by atoms with Crippen LogP contribution in [-0.2, 0) is 0 Å². The fourth-order valence-corrected chi connectivity index (χ4v) is 2.97. The second-order valence-electron chi connectivity index (χ2n) is 6.64. The molecule has 26 heavy (non-hydrogen) atoms. The first-order valence-corrected chi connectivity index (χ1v) is 9.09. The van der Waals surface area contributed by atoms with Crippen molar-refractivity contribution >= 4 is 17.3 Å². The maximum absolute atomic E-state index is 13.0. The zero-order chi connectivity index (χ0) is 18.5. The van der Waals surface area contributed by atoms with Crippen molar-refractivity contribution in [2.45, 2.75) is 26.3 Å². The molecule has 2 aromatic rings.